The SMILES string of the molecule is FC(F)Oc1ccccc1NC(=S)Nc1cccc(C(F)(F)F)c1. The molecule has 0 bridgehead atoms. The van der Waals surface area contributed by atoms with Gasteiger partial charge in [0.2, 0.25) is 0 Å². The van der Waals surface area contributed by atoms with Gasteiger partial charge in [0, 0.05) is 5.69 Å². The summed E-state index contributed by atoms with van der Waals surface area (Å²) in [4.78, 5) is 0. The van der Waals surface area contributed by atoms with E-state index >= 15 is 0 Å². The Bertz CT molecular complexity index is 721. The van der Waals surface area contributed by atoms with Crippen molar-refractivity contribution in [3.63, 3.8) is 0 Å². The van der Waals surface area contributed by atoms with E-state index in [1.807, 2.05) is 0 Å². The predicted octanol–water partition coefficient (Wildman–Crippen LogP) is 5.12. The Labute approximate surface area is 139 Å². The molecular weight excluding hydrogens is 351 g/mol. The van der Waals surface area contributed by atoms with E-state index in [0.29, 0.717) is 0 Å². The highest BCUT2D eigenvalue weighted by atomic mass is 32.1. The van der Waals surface area contributed by atoms with Crippen LogP contribution >= 0.6 is 12.2 Å². The van der Waals surface area contributed by atoms with Crippen molar-refractivity contribution in [3.8, 4) is 5.75 Å². The topological polar surface area (TPSA) is 33.3 Å². The van der Waals surface area contributed by atoms with Gasteiger partial charge in [-0.15, -0.1) is 0 Å². The molecule has 0 aromatic heterocycles. The summed E-state index contributed by atoms with van der Waals surface area (Å²) in [6.45, 7) is -3.02. The Balaban J connectivity index is 2.09. The smallest absolute Gasteiger partial charge is 0.416 e. The number of rotatable bonds is 4. The third kappa shape index (κ3) is 5.05. The van der Waals surface area contributed by atoms with Crippen LogP contribution in [-0.2, 0) is 6.18 Å². The first-order valence-electron chi connectivity index (χ1n) is 6.55. The third-order valence-corrected chi connectivity index (χ3v) is 3.00. The zero-order valence-corrected chi connectivity index (χ0v) is 12.7. The minimum Gasteiger partial charge on any atom is -0.433 e. The number of benzene rings is 2. The van der Waals surface area contributed by atoms with Crippen molar-refractivity contribution >= 4 is 28.7 Å². The number of nitrogens with one attached hydrogen (secondary N) is 2. The molecule has 0 unspecified atom stereocenters. The highest BCUT2D eigenvalue weighted by Crippen LogP contribution is 2.31. The van der Waals surface area contributed by atoms with E-state index in [2.05, 4.69) is 15.4 Å². The molecule has 128 valence electrons. The van der Waals surface area contributed by atoms with Crippen LogP contribution in [0.2, 0.25) is 0 Å². The molecule has 0 heterocycles. The highest BCUT2D eigenvalue weighted by Gasteiger charge is 2.30. The number of para-hydroxylation sites is 2. The van der Waals surface area contributed by atoms with Crippen molar-refractivity contribution in [3.05, 3.63) is 54.1 Å². The fraction of sp³-hybridized carbons (Fsp3) is 0.133. The second-order valence-electron chi connectivity index (χ2n) is 4.53. The quantitative estimate of drug-likeness (QED) is 0.585. The number of hydrogen-bond donors (Lipinski definition) is 2. The van der Waals surface area contributed by atoms with Crippen molar-refractivity contribution in [2.24, 2.45) is 0 Å². The van der Waals surface area contributed by atoms with Crippen LogP contribution in [0, 0.1) is 0 Å². The number of halogens is 5. The molecule has 0 atom stereocenters. The number of ether oxygens (including phenoxy) is 1. The maximum atomic E-state index is 12.7. The maximum absolute atomic E-state index is 12.7. The van der Waals surface area contributed by atoms with Crippen LogP contribution in [0.1, 0.15) is 5.56 Å². The maximum Gasteiger partial charge on any atom is 0.416 e. The van der Waals surface area contributed by atoms with E-state index in [1.165, 1.54) is 30.3 Å². The molecule has 0 aliphatic carbocycles. The first kappa shape index (κ1) is 17.9. The number of anilines is 2. The van der Waals surface area contributed by atoms with Crippen LogP contribution in [-0.4, -0.2) is 11.7 Å². The lowest BCUT2D eigenvalue weighted by atomic mass is 10.2. The van der Waals surface area contributed by atoms with E-state index < -0.39 is 18.4 Å². The molecule has 2 aromatic rings. The van der Waals surface area contributed by atoms with Crippen LogP contribution < -0.4 is 15.4 Å². The second-order valence-corrected chi connectivity index (χ2v) is 4.94. The molecular formula is C15H11F5N2OS. The summed E-state index contributed by atoms with van der Waals surface area (Å²) in [5.74, 6) is -0.138. The summed E-state index contributed by atoms with van der Waals surface area (Å²) in [5, 5.41) is 5.09. The Kier molecular flexibility index (Phi) is 5.55. The summed E-state index contributed by atoms with van der Waals surface area (Å²) in [6, 6.07) is 10.2. The monoisotopic (exact) mass is 362 g/mol. The lowest BCUT2D eigenvalue weighted by Crippen LogP contribution is -2.20. The summed E-state index contributed by atoms with van der Waals surface area (Å²) in [6.07, 6.45) is -4.48. The van der Waals surface area contributed by atoms with Crippen LogP contribution in [0.5, 0.6) is 5.75 Å². The van der Waals surface area contributed by atoms with Crippen LogP contribution in [0.15, 0.2) is 48.5 Å². The van der Waals surface area contributed by atoms with Gasteiger partial charge in [0.15, 0.2) is 5.11 Å². The van der Waals surface area contributed by atoms with Crippen molar-refractivity contribution in [1.29, 1.82) is 0 Å². The second kappa shape index (κ2) is 7.43. The largest absolute Gasteiger partial charge is 0.433 e. The Morgan fingerprint density at radius 1 is 1.00 bits per heavy atom. The minimum atomic E-state index is -4.48. The fourth-order valence-corrected chi connectivity index (χ4v) is 2.05. The molecule has 24 heavy (non-hydrogen) atoms. The molecule has 0 spiro atoms. The van der Waals surface area contributed by atoms with Crippen molar-refractivity contribution < 1.29 is 26.7 Å². The van der Waals surface area contributed by atoms with Gasteiger partial charge < -0.3 is 15.4 Å². The molecule has 9 heteroatoms. The standard InChI is InChI=1S/C15H11F5N2OS/c16-13(17)23-12-7-2-1-6-11(12)22-14(24)21-10-5-3-4-9(8-10)15(18,19)20/h1-8,13H,(H2,21,22,24). The van der Waals surface area contributed by atoms with Gasteiger partial charge in [-0.05, 0) is 42.5 Å². The first-order valence-corrected chi connectivity index (χ1v) is 6.95. The zero-order valence-electron chi connectivity index (χ0n) is 11.9. The first-order chi connectivity index (χ1) is 11.3. The Hall–Kier alpha value is -2.42. The molecule has 2 N–H and O–H groups in total. The number of hydrogen-bond acceptors (Lipinski definition) is 2. The van der Waals surface area contributed by atoms with Gasteiger partial charge in [-0.1, -0.05) is 18.2 Å². The molecule has 0 saturated carbocycles. The predicted molar refractivity (Wildman–Crippen MR) is 84.4 cm³/mol. The van der Waals surface area contributed by atoms with Crippen LogP contribution in [0.3, 0.4) is 0 Å². The van der Waals surface area contributed by atoms with E-state index in [1.54, 1.807) is 6.07 Å². The third-order valence-electron chi connectivity index (χ3n) is 2.80. The average molecular weight is 362 g/mol. The molecule has 0 amide bonds. The van der Waals surface area contributed by atoms with Crippen LogP contribution in [0.25, 0.3) is 0 Å². The van der Waals surface area contributed by atoms with Gasteiger partial charge >= 0.3 is 12.8 Å². The van der Waals surface area contributed by atoms with Gasteiger partial charge in [-0.2, -0.15) is 22.0 Å². The summed E-state index contributed by atoms with van der Waals surface area (Å²) in [7, 11) is 0. The van der Waals surface area contributed by atoms with Crippen molar-refractivity contribution in [2.45, 2.75) is 12.8 Å². The van der Waals surface area contributed by atoms with Crippen molar-refractivity contribution in [1.82, 2.24) is 0 Å². The molecule has 2 rings (SSSR count). The normalized spacial score (nSPS) is 11.2. The van der Waals surface area contributed by atoms with Crippen LogP contribution in [0.4, 0.5) is 33.3 Å². The van der Waals surface area contributed by atoms with Gasteiger partial charge in [0.1, 0.15) is 5.75 Å². The van der Waals surface area contributed by atoms with E-state index in [-0.39, 0.29) is 22.2 Å². The summed E-state index contributed by atoms with van der Waals surface area (Å²) >= 11 is 4.98. The molecule has 3 nitrogen and oxygen atoms in total. The van der Waals surface area contributed by atoms with E-state index in [9.17, 15) is 22.0 Å². The molecule has 0 fully saturated rings. The molecule has 0 saturated heterocycles. The van der Waals surface area contributed by atoms with Gasteiger partial charge in [-0.3, -0.25) is 0 Å². The Morgan fingerprint density at radius 3 is 2.38 bits per heavy atom. The fourth-order valence-electron chi connectivity index (χ4n) is 1.83. The van der Waals surface area contributed by atoms with E-state index in [4.69, 9.17) is 12.2 Å². The summed E-state index contributed by atoms with van der Waals surface area (Å²) < 4.78 is 67.0. The Morgan fingerprint density at radius 2 is 1.71 bits per heavy atom. The van der Waals surface area contributed by atoms with Gasteiger partial charge in [-0.25, -0.2) is 0 Å². The molecule has 0 aliphatic rings. The molecule has 0 radical (unpaired) electrons. The van der Waals surface area contributed by atoms with Crippen molar-refractivity contribution in [2.75, 3.05) is 10.6 Å². The molecule has 2 aromatic carbocycles. The lowest BCUT2D eigenvalue weighted by molar-refractivity contribution is -0.137. The number of thiocarbonyl (C=S) groups is 1. The minimum absolute atomic E-state index is 0.0698. The number of alkyl halides is 5. The van der Waals surface area contributed by atoms with E-state index in [0.717, 1.165) is 12.1 Å². The zero-order chi connectivity index (χ0) is 17.7. The van der Waals surface area contributed by atoms with Gasteiger partial charge in [0.05, 0.1) is 11.3 Å². The summed E-state index contributed by atoms with van der Waals surface area (Å²) in [5.41, 5.74) is -0.575. The molecule has 0 aliphatic heterocycles. The average Bonchev–Trinajstić information content (AvgIpc) is 2.48. The highest BCUT2D eigenvalue weighted by molar-refractivity contribution is 7.80. The lowest BCUT2D eigenvalue weighted by Gasteiger charge is -2.15. The van der Waals surface area contributed by atoms with Gasteiger partial charge in [0.25, 0.3) is 0 Å².